The number of esters is 1. The van der Waals surface area contributed by atoms with E-state index in [1.54, 1.807) is 28.3 Å². The van der Waals surface area contributed by atoms with Gasteiger partial charge in [-0.3, -0.25) is 0 Å². The molecular formula is C71H138O22. The number of methoxy groups -OCH3 is 3. The van der Waals surface area contributed by atoms with Crippen LogP contribution < -0.4 is 4.74 Å². The molecule has 1 aromatic rings. The van der Waals surface area contributed by atoms with Crippen LogP contribution in [0.25, 0.3) is 0 Å². The number of benzene rings is 1. The van der Waals surface area contributed by atoms with Crippen molar-refractivity contribution >= 4 is 12.3 Å². The van der Waals surface area contributed by atoms with Gasteiger partial charge in [-0.05, 0) is 146 Å². The lowest BCUT2D eigenvalue weighted by Gasteiger charge is -2.26. The number of ether oxygens (including phenoxy) is 17. The van der Waals surface area contributed by atoms with Crippen molar-refractivity contribution in [2.45, 2.75) is 242 Å². The average Bonchev–Trinajstić information content (AvgIpc) is 3.78. The molecule has 0 aliphatic rings. The summed E-state index contributed by atoms with van der Waals surface area (Å²) in [6.07, 6.45) is 11.9. The molecule has 1 rings (SSSR count). The zero-order valence-electron chi connectivity index (χ0n) is 61.7. The molecule has 0 fully saturated rings. The summed E-state index contributed by atoms with van der Waals surface area (Å²) in [5.41, 5.74) is 0.387. The van der Waals surface area contributed by atoms with Gasteiger partial charge in [0.2, 0.25) is 0 Å². The van der Waals surface area contributed by atoms with Gasteiger partial charge in [-0.1, -0.05) is 59.4 Å². The van der Waals surface area contributed by atoms with E-state index in [1.165, 1.54) is 0 Å². The maximum atomic E-state index is 11.1. The molecule has 1 N–H and O–H groups in total. The second-order valence-corrected chi connectivity index (χ2v) is 22.2. The van der Waals surface area contributed by atoms with Crippen molar-refractivity contribution in [2.24, 2.45) is 0 Å². The normalized spacial score (nSPS) is 14.4. The Kier molecular flexibility index (Phi) is 77.8. The van der Waals surface area contributed by atoms with Gasteiger partial charge in [0.1, 0.15) is 38.5 Å². The topological polar surface area (TPSA) is 230 Å². The van der Waals surface area contributed by atoms with Crippen molar-refractivity contribution in [3.8, 4) is 5.75 Å². The standard InChI is InChI=1S/C23H48O8.C17H28O4.C14H26O5.C12H24O4.C5H12O/c1-7-22(28-15-17-31-30-16-11-25-9-3)19-23(29-12-10-24-8-2)18-21(6)27-14-13-26-20(4)5;1-4-16(14-15(2)19-11-10-18-3)20-12-13-21-17-8-6-5-7-9-17;1-5-13(10-12(4)17-7-6-15)18-8-9-19-14(16)11(2)3;1-4-12(16-7-5-6-13)10-11(2)15-9-8-14-3;1-4-5(2)6-3/h20-23H,7-19H2,1-6H3;5-9,15-16H,4,10-14H2,1-3H3;12-13,15H,2,5-10H2,1,3-4H3;6,11-12H,4-5,7-10H2,1-3H3;5H,4H2,1-3H3. The van der Waals surface area contributed by atoms with E-state index < -0.39 is 5.97 Å². The maximum Gasteiger partial charge on any atom is 0.333 e. The molecule has 10 atom stereocenters. The molecule has 0 aliphatic heterocycles. The van der Waals surface area contributed by atoms with E-state index in [0.717, 1.165) is 76.2 Å². The van der Waals surface area contributed by atoms with Crippen LogP contribution in [0.3, 0.4) is 0 Å². The van der Waals surface area contributed by atoms with E-state index in [1.807, 2.05) is 78.8 Å². The predicted molar refractivity (Wildman–Crippen MR) is 367 cm³/mol. The van der Waals surface area contributed by atoms with Crippen LogP contribution in [0.1, 0.15) is 174 Å². The van der Waals surface area contributed by atoms with E-state index in [9.17, 15) is 9.59 Å². The highest BCUT2D eigenvalue weighted by molar-refractivity contribution is 5.86. The highest BCUT2D eigenvalue weighted by Crippen LogP contribution is 2.18. The second-order valence-electron chi connectivity index (χ2n) is 22.2. The van der Waals surface area contributed by atoms with Crippen LogP contribution in [0, 0.1) is 0 Å². The van der Waals surface area contributed by atoms with Crippen LogP contribution in [0.5, 0.6) is 5.75 Å². The molecule has 0 aromatic heterocycles. The molecule has 0 saturated heterocycles. The third kappa shape index (κ3) is 71.8. The Morgan fingerprint density at radius 2 is 0.828 bits per heavy atom. The van der Waals surface area contributed by atoms with Crippen LogP contribution in [-0.2, 0) is 95.2 Å². The predicted octanol–water partition coefficient (Wildman–Crippen LogP) is 12.0. The van der Waals surface area contributed by atoms with Gasteiger partial charge in [-0.15, -0.1) is 0 Å². The summed E-state index contributed by atoms with van der Waals surface area (Å²) in [4.78, 5) is 31.5. The third-order valence-electron chi connectivity index (χ3n) is 13.5. The van der Waals surface area contributed by atoms with E-state index in [4.69, 9.17) is 95.4 Å². The smallest absolute Gasteiger partial charge is 0.333 e. The Morgan fingerprint density at radius 1 is 0.441 bits per heavy atom. The molecular weight excluding hydrogens is 1200 g/mol. The minimum atomic E-state index is -0.392. The molecule has 22 nitrogen and oxygen atoms in total. The lowest BCUT2D eigenvalue weighted by molar-refractivity contribution is -0.304. The third-order valence-corrected chi connectivity index (χ3v) is 13.5. The minimum absolute atomic E-state index is 0.0266. The number of hydrogen-bond acceptors (Lipinski definition) is 22. The van der Waals surface area contributed by atoms with Crippen molar-refractivity contribution in [3.05, 3.63) is 42.5 Å². The molecule has 0 bridgehead atoms. The van der Waals surface area contributed by atoms with Crippen LogP contribution >= 0.6 is 0 Å². The summed E-state index contributed by atoms with van der Waals surface area (Å²) >= 11 is 0. The number of aliphatic hydroxyl groups is 1. The van der Waals surface area contributed by atoms with E-state index >= 15 is 0 Å². The number of carbonyl (C=O) groups is 2. The Balaban J connectivity index is -0.000000566. The van der Waals surface area contributed by atoms with Crippen molar-refractivity contribution in [1.29, 1.82) is 0 Å². The molecule has 0 amide bonds. The van der Waals surface area contributed by atoms with E-state index in [-0.39, 0.29) is 74.3 Å². The molecule has 0 aliphatic carbocycles. The van der Waals surface area contributed by atoms with Gasteiger partial charge < -0.3 is 90.4 Å². The number of aldehydes is 1. The number of para-hydroxylation sites is 1. The molecule has 0 saturated carbocycles. The largest absolute Gasteiger partial charge is 0.491 e. The number of aliphatic hydroxyl groups excluding tert-OH is 1. The quantitative estimate of drug-likeness (QED) is 0.0160. The first kappa shape index (κ1) is 96.6. The number of hydrogen-bond donors (Lipinski definition) is 1. The highest BCUT2D eigenvalue weighted by atomic mass is 17.2. The van der Waals surface area contributed by atoms with Crippen LogP contribution in [0.4, 0.5) is 0 Å². The molecule has 0 heterocycles. The maximum absolute atomic E-state index is 11.1. The molecule has 554 valence electrons. The Bertz CT molecular complexity index is 1650. The van der Waals surface area contributed by atoms with E-state index in [0.29, 0.717) is 144 Å². The van der Waals surface area contributed by atoms with Gasteiger partial charge in [-0.25, -0.2) is 14.6 Å². The average molecular weight is 1340 g/mol. The van der Waals surface area contributed by atoms with Crippen molar-refractivity contribution in [1.82, 2.24) is 0 Å². The van der Waals surface area contributed by atoms with Crippen LogP contribution in [0.2, 0.25) is 0 Å². The minimum Gasteiger partial charge on any atom is -0.491 e. The van der Waals surface area contributed by atoms with Crippen molar-refractivity contribution in [3.63, 3.8) is 0 Å². The summed E-state index contributed by atoms with van der Waals surface area (Å²) < 4.78 is 93.0. The van der Waals surface area contributed by atoms with Gasteiger partial charge >= 0.3 is 5.97 Å². The first-order valence-corrected chi connectivity index (χ1v) is 34.5. The Hall–Kier alpha value is -2.82. The van der Waals surface area contributed by atoms with Crippen molar-refractivity contribution in [2.75, 3.05) is 160 Å². The monoisotopic (exact) mass is 1340 g/mol. The molecule has 1 aromatic carbocycles. The summed E-state index contributed by atoms with van der Waals surface area (Å²) in [7, 11) is 5.07. The van der Waals surface area contributed by atoms with Crippen LogP contribution in [-0.4, -0.2) is 245 Å². The molecule has 93 heavy (non-hydrogen) atoms. The summed E-state index contributed by atoms with van der Waals surface area (Å²) in [6, 6.07) is 9.79. The fraction of sp³-hybridized carbons (Fsp3) is 0.859. The lowest BCUT2D eigenvalue weighted by atomic mass is 10.0. The molecule has 0 radical (unpaired) electrons. The van der Waals surface area contributed by atoms with Gasteiger partial charge in [0.05, 0.1) is 166 Å². The zero-order chi connectivity index (χ0) is 70.4. The second kappa shape index (κ2) is 75.0. The fourth-order valence-corrected chi connectivity index (χ4v) is 7.98. The summed E-state index contributed by atoms with van der Waals surface area (Å²) in [5, 5.41) is 8.66. The van der Waals surface area contributed by atoms with Gasteiger partial charge in [-0.2, -0.15) is 0 Å². The van der Waals surface area contributed by atoms with E-state index in [2.05, 4.69) is 55.0 Å². The van der Waals surface area contributed by atoms with Gasteiger partial charge in [0, 0.05) is 46.5 Å². The molecule has 10 unspecified atom stereocenters. The zero-order valence-corrected chi connectivity index (χ0v) is 61.7. The van der Waals surface area contributed by atoms with Gasteiger partial charge in [0.15, 0.2) is 0 Å². The molecule has 0 spiro atoms. The first-order chi connectivity index (χ1) is 44.8. The lowest BCUT2D eigenvalue weighted by Crippen LogP contribution is -2.29. The first-order valence-electron chi connectivity index (χ1n) is 34.5. The summed E-state index contributed by atoms with van der Waals surface area (Å²) in [5.74, 6) is 0.488. The Labute approximate surface area is 565 Å². The van der Waals surface area contributed by atoms with Crippen molar-refractivity contribution < 1.29 is 105 Å². The highest BCUT2D eigenvalue weighted by Gasteiger charge is 2.21. The fourth-order valence-electron chi connectivity index (χ4n) is 7.98. The number of rotatable bonds is 60. The Morgan fingerprint density at radius 3 is 1.25 bits per heavy atom. The van der Waals surface area contributed by atoms with Gasteiger partial charge in [0.25, 0.3) is 0 Å². The SMILES string of the molecule is C=C(C)C(=O)OCCOC(CC)CC(C)OCCO.CCC(C)OC.CCC(CC(C)OCCOC)OCCC=O.CCC(CC(C)OCCOC)OCCOc1ccccc1.CCOCCOOCCOC(CC)CC(CC(C)OCCOC(C)C)OCCOCC. The number of carbonyl (C=O) groups excluding carboxylic acids is 2. The van der Waals surface area contributed by atoms with Crippen LogP contribution in [0.15, 0.2) is 42.5 Å². The summed E-state index contributed by atoms with van der Waals surface area (Å²) in [6.45, 7) is 44.4. The molecule has 22 heteroatoms.